The van der Waals surface area contributed by atoms with E-state index >= 15 is 0 Å². The Morgan fingerprint density at radius 3 is 2.66 bits per heavy atom. The Labute approximate surface area is 170 Å². The molecule has 0 spiro atoms. The van der Waals surface area contributed by atoms with Gasteiger partial charge in [-0.05, 0) is 48.5 Å². The van der Waals surface area contributed by atoms with Crippen molar-refractivity contribution >= 4 is 28.6 Å². The van der Waals surface area contributed by atoms with Crippen LogP contribution >= 0.6 is 11.8 Å². The first-order valence-corrected chi connectivity index (χ1v) is 9.67. The molecule has 2 aromatic carbocycles. The quantitative estimate of drug-likeness (QED) is 0.371. The van der Waals surface area contributed by atoms with Crippen molar-refractivity contribution in [3.05, 3.63) is 65.9 Å². The van der Waals surface area contributed by atoms with Gasteiger partial charge in [-0.15, -0.1) is 0 Å². The molecule has 152 valence electrons. The van der Waals surface area contributed by atoms with Crippen molar-refractivity contribution in [3.63, 3.8) is 0 Å². The normalized spacial score (nSPS) is 11.4. The van der Waals surface area contributed by atoms with Crippen LogP contribution in [0.5, 0.6) is 5.75 Å². The number of aromatic nitrogens is 1. The number of carbonyl (C=O) groups is 1. The average molecular weight is 421 g/mol. The third-order valence-corrected chi connectivity index (χ3v) is 4.69. The van der Waals surface area contributed by atoms with Gasteiger partial charge >= 0.3 is 11.5 Å². The summed E-state index contributed by atoms with van der Waals surface area (Å²) in [5.41, 5.74) is -2.68. The number of thioether (sulfide) groups is 1. The predicted octanol–water partition coefficient (Wildman–Crippen LogP) is 5.53. The second kappa shape index (κ2) is 9.17. The fourth-order valence-corrected chi connectivity index (χ4v) is 3.39. The third-order valence-electron chi connectivity index (χ3n) is 3.92. The molecule has 3 rings (SSSR count). The molecule has 29 heavy (non-hydrogen) atoms. The minimum Gasteiger partial charge on any atom is -0.486 e. The van der Waals surface area contributed by atoms with Crippen molar-refractivity contribution in [2.24, 2.45) is 0 Å². The highest BCUT2D eigenvalue weighted by molar-refractivity contribution is 8.00. The van der Waals surface area contributed by atoms with Crippen molar-refractivity contribution in [1.82, 2.24) is 4.98 Å². The number of nitrogens with zero attached hydrogens (tertiary/aromatic N) is 1. The Kier molecular flexibility index (Phi) is 6.64. The van der Waals surface area contributed by atoms with E-state index in [2.05, 4.69) is 4.98 Å². The number of esters is 1. The van der Waals surface area contributed by atoms with E-state index in [1.54, 1.807) is 19.1 Å². The van der Waals surface area contributed by atoms with E-state index in [0.29, 0.717) is 11.3 Å². The van der Waals surface area contributed by atoms with Crippen LogP contribution in [0.25, 0.3) is 10.9 Å². The number of ether oxygens (including phenoxy) is 2. The van der Waals surface area contributed by atoms with Gasteiger partial charge in [-0.2, -0.15) is 13.2 Å². The van der Waals surface area contributed by atoms with Gasteiger partial charge in [-0.3, -0.25) is 4.79 Å². The van der Waals surface area contributed by atoms with Gasteiger partial charge in [-0.25, -0.2) is 4.98 Å². The number of halogens is 3. The molecule has 0 atom stereocenters. The Bertz CT molecular complexity index is 1010. The predicted molar refractivity (Wildman–Crippen MR) is 105 cm³/mol. The fourth-order valence-electron chi connectivity index (χ4n) is 2.71. The minimum absolute atomic E-state index is 0.0213. The highest BCUT2D eigenvalue weighted by Gasteiger charge is 2.31. The maximum Gasteiger partial charge on any atom is 0.446 e. The second-order valence-electron chi connectivity index (χ2n) is 6.09. The van der Waals surface area contributed by atoms with Gasteiger partial charge in [0.1, 0.15) is 12.4 Å². The van der Waals surface area contributed by atoms with E-state index in [1.807, 2.05) is 30.3 Å². The molecule has 0 radical (unpaired) electrons. The number of rotatable bonds is 7. The van der Waals surface area contributed by atoms with Crippen LogP contribution in [-0.4, -0.2) is 23.1 Å². The molecule has 0 fully saturated rings. The molecular weight excluding hydrogens is 403 g/mol. The molecule has 3 aromatic rings. The SMILES string of the molecule is CCOC(=O)Cc1ccc(OCc2ccc3ccccc3n2)c(SC(F)(F)F)c1. The first kappa shape index (κ1) is 21.0. The zero-order chi connectivity index (χ0) is 20.9. The number of fused-ring (bicyclic) bond motifs is 1. The molecule has 0 aliphatic carbocycles. The third kappa shape index (κ3) is 6.12. The van der Waals surface area contributed by atoms with E-state index in [4.69, 9.17) is 9.47 Å². The molecule has 0 saturated carbocycles. The number of hydrogen-bond acceptors (Lipinski definition) is 5. The monoisotopic (exact) mass is 421 g/mol. The van der Waals surface area contributed by atoms with E-state index in [9.17, 15) is 18.0 Å². The summed E-state index contributed by atoms with van der Waals surface area (Å²) in [4.78, 5) is 16.0. The minimum atomic E-state index is -4.48. The molecule has 0 aliphatic heterocycles. The summed E-state index contributed by atoms with van der Waals surface area (Å²) in [5.74, 6) is -0.417. The summed E-state index contributed by atoms with van der Waals surface area (Å²) in [6.07, 6.45) is -0.105. The molecule has 8 heteroatoms. The van der Waals surface area contributed by atoms with Crippen LogP contribution in [0, 0.1) is 0 Å². The lowest BCUT2D eigenvalue weighted by molar-refractivity contribution is -0.142. The summed E-state index contributed by atoms with van der Waals surface area (Å²) < 4.78 is 49.4. The Hall–Kier alpha value is -2.74. The van der Waals surface area contributed by atoms with Gasteiger partial charge in [0, 0.05) is 5.39 Å². The zero-order valence-electron chi connectivity index (χ0n) is 15.5. The molecule has 4 nitrogen and oxygen atoms in total. The Morgan fingerprint density at radius 1 is 1.10 bits per heavy atom. The molecule has 0 saturated heterocycles. The summed E-state index contributed by atoms with van der Waals surface area (Å²) in [5, 5.41) is 0.966. The van der Waals surface area contributed by atoms with Gasteiger partial charge in [0.2, 0.25) is 0 Å². The van der Waals surface area contributed by atoms with E-state index < -0.39 is 11.5 Å². The van der Waals surface area contributed by atoms with Crippen LogP contribution in [-0.2, 0) is 22.6 Å². The molecule has 1 heterocycles. The average Bonchev–Trinajstić information content (AvgIpc) is 2.66. The van der Waals surface area contributed by atoms with Gasteiger partial charge in [0.15, 0.2) is 0 Å². The van der Waals surface area contributed by atoms with Gasteiger partial charge in [-0.1, -0.05) is 30.3 Å². The van der Waals surface area contributed by atoms with Crippen LogP contribution in [0.1, 0.15) is 18.2 Å². The maximum absolute atomic E-state index is 13.0. The number of alkyl halides is 3. The van der Waals surface area contributed by atoms with Crippen molar-refractivity contribution in [3.8, 4) is 5.75 Å². The summed E-state index contributed by atoms with van der Waals surface area (Å²) in [7, 11) is 0. The van der Waals surface area contributed by atoms with E-state index in [1.165, 1.54) is 12.1 Å². The number of benzene rings is 2. The number of hydrogen-bond donors (Lipinski definition) is 0. The lowest BCUT2D eigenvalue weighted by atomic mass is 10.1. The number of carbonyl (C=O) groups excluding carboxylic acids is 1. The Morgan fingerprint density at radius 2 is 1.90 bits per heavy atom. The van der Waals surface area contributed by atoms with E-state index in [0.717, 1.165) is 10.9 Å². The summed E-state index contributed by atoms with van der Waals surface area (Å²) >= 11 is -0.278. The maximum atomic E-state index is 13.0. The van der Waals surface area contributed by atoms with Gasteiger partial charge in [0.05, 0.1) is 29.1 Å². The second-order valence-corrected chi connectivity index (χ2v) is 7.20. The van der Waals surface area contributed by atoms with Crippen molar-refractivity contribution in [1.29, 1.82) is 0 Å². The first-order chi connectivity index (χ1) is 13.8. The topological polar surface area (TPSA) is 48.4 Å². The van der Waals surface area contributed by atoms with Crippen LogP contribution in [0.4, 0.5) is 13.2 Å². The molecule has 1 aromatic heterocycles. The summed E-state index contributed by atoms with van der Waals surface area (Å²) in [6.45, 7) is 1.90. The molecule has 0 bridgehead atoms. The van der Waals surface area contributed by atoms with Gasteiger partial charge in [0.25, 0.3) is 0 Å². The largest absolute Gasteiger partial charge is 0.486 e. The molecule has 0 aliphatic rings. The van der Waals surface area contributed by atoms with Gasteiger partial charge < -0.3 is 9.47 Å². The van der Waals surface area contributed by atoms with Crippen LogP contribution in [0.15, 0.2) is 59.5 Å². The fraction of sp³-hybridized carbons (Fsp3) is 0.238. The lowest BCUT2D eigenvalue weighted by Crippen LogP contribution is -2.08. The molecule has 0 unspecified atom stereocenters. The number of para-hydroxylation sites is 1. The van der Waals surface area contributed by atoms with Crippen molar-refractivity contribution < 1.29 is 27.4 Å². The summed E-state index contributed by atoms with van der Waals surface area (Å²) in [6, 6.07) is 15.5. The molecule has 0 N–H and O–H groups in total. The standard InChI is InChI=1S/C21H18F3NO3S/c1-2-27-20(26)12-14-7-10-18(19(11-14)29-21(22,23)24)28-13-16-9-8-15-5-3-4-6-17(15)25-16/h3-11H,2,12-13H2,1H3. The Balaban J connectivity index is 1.79. The zero-order valence-corrected chi connectivity index (χ0v) is 16.3. The van der Waals surface area contributed by atoms with Crippen LogP contribution in [0.3, 0.4) is 0 Å². The first-order valence-electron chi connectivity index (χ1n) is 8.86. The highest BCUT2D eigenvalue weighted by atomic mass is 32.2. The lowest BCUT2D eigenvalue weighted by Gasteiger charge is -2.14. The smallest absolute Gasteiger partial charge is 0.446 e. The number of pyridine rings is 1. The van der Waals surface area contributed by atoms with E-state index in [-0.39, 0.29) is 42.0 Å². The molecular formula is C21H18F3NO3S. The molecule has 0 amide bonds. The van der Waals surface area contributed by atoms with Crippen molar-refractivity contribution in [2.45, 2.75) is 30.4 Å². The highest BCUT2D eigenvalue weighted by Crippen LogP contribution is 2.42. The van der Waals surface area contributed by atoms with Crippen LogP contribution < -0.4 is 4.74 Å². The van der Waals surface area contributed by atoms with Crippen LogP contribution in [0.2, 0.25) is 0 Å². The van der Waals surface area contributed by atoms with Crippen molar-refractivity contribution in [2.75, 3.05) is 6.61 Å².